The standard InChI is InChI=1S/C28H31N5O2/c34-28(30-18-24-4-3-5-25(16-24)19-32-12-14-35-15-13-32)29-17-22-8-10-23(11-9-22)20-33-21-31-26-6-1-2-7-27(26)33/h1-11,16,21H,12-15,17-20H2,(H2,29,30,34). The Morgan fingerprint density at radius 3 is 2.34 bits per heavy atom. The molecule has 1 saturated heterocycles. The molecule has 0 saturated carbocycles. The second kappa shape index (κ2) is 11.2. The van der Waals surface area contributed by atoms with Gasteiger partial charge >= 0.3 is 6.03 Å². The molecule has 3 aromatic carbocycles. The van der Waals surface area contributed by atoms with Crippen LogP contribution < -0.4 is 10.6 Å². The van der Waals surface area contributed by atoms with Crippen LogP contribution >= 0.6 is 0 Å². The summed E-state index contributed by atoms with van der Waals surface area (Å²) >= 11 is 0. The number of hydrogen-bond acceptors (Lipinski definition) is 4. The summed E-state index contributed by atoms with van der Waals surface area (Å²) in [4.78, 5) is 19.2. The second-order valence-corrected chi connectivity index (χ2v) is 8.92. The zero-order chi connectivity index (χ0) is 23.9. The third kappa shape index (κ3) is 6.26. The van der Waals surface area contributed by atoms with Crippen molar-refractivity contribution in [3.63, 3.8) is 0 Å². The van der Waals surface area contributed by atoms with E-state index in [1.807, 2.05) is 30.6 Å². The van der Waals surface area contributed by atoms with Gasteiger partial charge in [0, 0.05) is 39.3 Å². The van der Waals surface area contributed by atoms with Gasteiger partial charge in [0.25, 0.3) is 0 Å². The molecule has 0 radical (unpaired) electrons. The normalized spacial score (nSPS) is 14.2. The number of nitrogens with zero attached hydrogens (tertiary/aromatic N) is 3. The Bertz CT molecular complexity index is 1260. The van der Waals surface area contributed by atoms with Gasteiger partial charge in [-0.2, -0.15) is 0 Å². The van der Waals surface area contributed by atoms with Gasteiger partial charge in [0.1, 0.15) is 0 Å². The highest BCUT2D eigenvalue weighted by atomic mass is 16.5. The van der Waals surface area contributed by atoms with Crippen LogP contribution in [-0.2, 0) is 30.9 Å². The number of carbonyl (C=O) groups excluding carboxylic acids is 1. The van der Waals surface area contributed by atoms with Gasteiger partial charge in [-0.1, -0.05) is 60.7 Å². The summed E-state index contributed by atoms with van der Waals surface area (Å²) in [5.74, 6) is 0. The maximum Gasteiger partial charge on any atom is 0.315 e. The first kappa shape index (κ1) is 23.1. The molecular formula is C28H31N5O2. The highest BCUT2D eigenvalue weighted by Gasteiger charge is 2.11. The fourth-order valence-corrected chi connectivity index (χ4v) is 4.38. The minimum atomic E-state index is -0.169. The Hall–Kier alpha value is -3.68. The Balaban J connectivity index is 1.07. The lowest BCUT2D eigenvalue weighted by Gasteiger charge is -2.26. The number of carbonyl (C=O) groups is 1. The van der Waals surface area contributed by atoms with Crippen molar-refractivity contribution in [1.29, 1.82) is 0 Å². The van der Waals surface area contributed by atoms with Crippen LogP contribution in [0.2, 0.25) is 0 Å². The lowest BCUT2D eigenvalue weighted by molar-refractivity contribution is 0.0342. The highest BCUT2D eigenvalue weighted by Crippen LogP contribution is 2.15. The summed E-state index contributed by atoms with van der Waals surface area (Å²) in [6.07, 6.45) is 1.88. The number of hydrogen-bond donors (Lipinski definition) is 2. The summed E-state index contributed by atoms with van der Waals surface area (Å²) in [6, 6.07) is 24.7. The van der Waals surface area contributed by atoms with E-state index in [0.29, 0.717) is 13.1 Å². The van der Waals surface area contributed by atoms with Crippen LogP contribution in [0.1, 0.15) is 22.3 Å². The molecule has 1 aliphatic heterocycles. The summed E-state index contributed by atoms with van der Waals surface area (Å²) < 4.78 is 7.57. The maximum absolute atomic E-state index is 12.3. The maximum atomic E-state index is 12.3. The van der Waals surface area contributed by atoms with Crippen LogP contribution in [0.15, 0.2) is 79.1 Å². The number of imidazole rings is 1. The number of rotatable bonds is 8. The number of nitrogens with one attached hydrogen (secondary N) is 2. The number of amides is 2. The van der Waals surface area contributed by atoms with Crippen LogP contribution in [0.4, 0.5) is 4.79 Å². The average Bonchev–Trinajstić information content (AvgIpc) is 3.31. The number of urea groups is 1. The minimum absolute atomic E-state index is 0.169. The molecule has 180 valence electrons. The van der Waals surface area contributed by atoms with Crippen molar-refractivity contribution in [3.8, 4) is 0 Å². The number of ether oxygens (including phenoxy) is 1. The van der Waals surface area contributed by atoms with E-state index < -0.39 is 0 Å². The molecular weight excluding hydrogens is 438 g/mol. The number of morpholine rings is 1. The van der Waals surface area contributed by atoms with Crippen LogP contribution in [0, 0.1) is 0 Å². The lowest BCUT2D eigenvalue weighted by Crippen LogP contribution is -2.35. The summed E-state index contributed by atoms with van der Waals surface area (Å²) in [6.45, 7) is 6.18. The molecule has 1 aliphatic rings. The van der Waals surface area contributed by atoms with E-state index in [1.165, 1.54) is 11.1 Å². The molecule has 2 amide bonds. The third-order valence-electron chi connectivity index (χ3n) is 6.31. The summed E-state index contributed by atoms with van der Waals surface area (Å²) in [7, 11) is 0. The van der Waals surface area contributed by atoms with Crippen LogP contribution in [0.25, 0.3) is 11.0 Å². The van der Waals surface area contributed by atoms with Crippen LogP contribution in [0.3, 0.4) is 0 Å². The molecule has 4 aromatic rings. The Morgan fingerprint density at radius 2 is 1.51 bits per heavy atom. The van der Waals surface area contributed by atoms with Gasteiger partial charge in [-0.15, -0.1) is 0 Å². The van der Waals surface area contributed by atoms with E-state index in [9.17, 15) is 4.79 Å². The molecule has 7 heteroatoms. The zero-order valence-electron chi connectivity index (χ0n) is 19.8. The van der Waals surface area contributed by atoms with E-state index >= 15 is 0 Å². The Kier molecular flexibility index (Phi) is 7.36. The first-order chi connectivity index (χ1) is 17.2. The average molecular weight is 470 g/mol. The largest absolute Gasteiger partial charge is 0.379 e. The molecule has 7 nitrogen and oxygen atoms in total. The van der Waals surface area contributed by atoms with Crippen LogP contribution in [0.5, 0.6) is 0 Å². The molecule has 0 spiro atoms. The van der Waals surface area contributed by atoms with Gasteiger partial charge in [-0.25, -0.2) is 9.78 Å². The molecule has 2 N–H and O–H groups in total. The third-order valence-corrected chi connectivity index (χ3v) is 6.31. The topological polar surface area (TPSA) is 71.4 Å². The summed E-state index contributed by atoms with van der Waals surface area (Å²) in [5, 5.41) is 5.92. The second-order valence-electron chi connectivity index (χ2n) is 8.92. The quantitative estimate of drug-likeness (QED) is 0.410. The number of fused-ring (bicyclic) bond motifs is 1. The predicted octanol–water partition coefficient (Wildman–Crippen LogP) is 3.92. The smallest absolute Gasteiger partial charge is 0.315 e. The van der Waals surface area contributed by atoms with E-state index in [1.54, 1.807) is 0 Å². The number of para-hydroxylation sites is 2. The van der Waals surface area contributed by atoms with Crippen molar-refractivity contribution in [3.05, 3.63) is 101 Å². The first-order valence-corrected chi connectivity index (χ1v) is 12.1. The number of benzene rings is 3. The molecule has 5 rings (SSSR count). The Labute approximate surface area is 205 Å². The summed E-state index contributed by atoms with van der Waals surface area (Å²) in [5.41, 5.74) is 6.74. The molecule has 0 unspecified atom stereocenters. The van der Waals surface area contributed by atoms with Gasteiger partial charge in [0.15, 0.2) is 0 Å². The van der Waals surface area contributed by atoms with E-state index in [-0.39, 0.29) is 6.03 Å². The van der Waals surface area contributed by atoms with Gasteiger partial charge in [-0.3, -0.25) is 4.90 Å². The SMILES string of the molecule is O=C(NCc1ccc(Cn2cnc3ccccc32)cc1)NCc1cccc(CN2CCOCC2)c1. The molecule has 0 bridgehead atoms. The van der Waals surface area contributed by atoms with Gasteiger partial charge < -0.3 is 19.9 Å². The van der Waals surface area contributed by atoms with E-state index in [0.717, 1.165) is 61.6 Å². The molecule has 2 heterocycles. The van der Waals surface area contributed by atoms with Gasteiger partial charge in [0.05, 0.1) is 30.6 Å². The van der Waals surface area contributed by atoms with Crippen molar-refractivity contribution in [2.24, 2.45) is 0 Å². The molecule has 1 aromatic heterocycles. The van der Waals surface area contributed by atoms with Crippen molar-refractivity contribution < 1.29 is 9.53 Å². The van der Waals surface area contributed by atoms with Crippen molar-refractivity contribution in [2.75, 3.05) is 26.3 Å². The monoisotopic (exact) mass is 469 g/mol. The predicted molar refractivity (Wildman–Crippen MR) is 137 cm³/mol. The van der Waals surface area contributed by atoms with E-state index in [2.05, 4.69) is 73.6 Å². The minimum Gasteiger partial charge on any atom is -0.379 e. The Morgan fingerprint density at radius 1 is 0.800 bits per heavy atom. The molecule has 35 heavy (non-hydrogen) atoms. The van der Waals surface area contributed by atoms with Crippen molar-refractivity contribution in [1.82, 2.24) is 25.1 Å². The highest BCUT2D eigenvalue weighted by molar-refractivity contribution is 5.75. The molecule has 1 fully saturated rings. The van der Waals surface area contributed by atoms with Gasteiger partial charge in [0.2, 0.25) is 0 Å². The fourth-order valence-electron chi connectivity index (χ4n) is 4.38. The van der Waals surface area contributed by atoms with Crippen LogP contribution in [-0.4, -0.2) is 46.8 Å². The molecule has 0 aliphatic carbocycles. The first-order valence-electron chi connectivity index (χ1n) is 12.1. The van der Waals surface area contributed by atoms with Gasteiger partial charge in [-0.05, 0) is 34.4 Å². The lowest BCUT2D eigenvalue weighted by atomic mass is 10.1. The van der Waals surface area contributed by atoms with E-state index in [4.69, 9.17) is 4.74 Å². The fraction of sp³-hybridized carbons (Fsp3) is 0.286. The zero-order valence-corrected chi connectivity index (χ0v) is 19.8. The van der Waals surface area contributed by atoms with Crippen molar-refractivity contribution >= 4 is 17.1 Å². The number of aromatic nitrogens is 2. The molecule has 0 atom stereocenters. The van der Waals surface area contributed by atoms with Crippen molar-refractivity contribution in [2.45, 2.75) is 26.2 Å².